The first-order valence-electron chi connectivity index (χ1n) is 7.67. The Hall–Kier alpha value is -3.01. The first kappa shape index (κ1) is 17.3. The highest BCUT2D eigenvalue weighted by molar-refractivity contribution is 5.84. The van der Waals surface area contributed by atoms with Gasteiger partial charge in [0.15, 0.2) is 0 Å². The highest BCUT2D eigenvalue weighted by Gasteiger charge is 2.12. The molecule has 1 heterocycles. The second-order valence-electron chi connectivity index (χ2n) is 5.27. The van der Waals surface area contributed by atoms with Crippen LogP contribution in [0.1, 0.15) is 34.4 Å². The van der Waals surface area contributed by atoms with Crippen LogP contribution in [0.4, 0.5) is 5.69 Å². The average molecular weight is 323 g/mol. The number of benzene rings is 1. The van der Waals surface area contributed by atoms with Crippen LogP contribution in [-0.2, 0) is 6.54 Å². The lowest BCUT2D eigenvalue weighted by Gasteiger charge is -2.07. The van der Waals surface area contributed by atoms with Crippen LogP contribution >= 0.6 is 0 Å². The molecule has 0 aliphatic heterocycles. The normalized spacial score (nSPS) is 11.7. The molecular weight excluding hydrogens is 302 g/mol. The Labute approximate surface area is 141 Å². The first-order valence-corrected chi connectivity index (χ1v) is 7.67. The number of aryl methyl sites for hydroxylation is 1. The minimum atomic E-state index is -1.06. The van der Waals surface area contributed by atoms with Crippen molar-refractivity contribution in [2.24, 2.45) is 0 Å². The molecule has 124 valence electrons. The predicted molar refractivity (Wildman–Crippen MR) is 97.2 cm³/mol. The van der Waals surface area contributed by atoms with Gasteiger partial charge >= 0.3 is 5.97 Å². The first-order chi connectivity index (χ1) is 11.5. The third-order valence-corrected chi connectivity index (χ3v) is 3.66. The molecule has 0 spiro atoms. The Morgan fingerprint density at radius 2 is 2.04 bits per heavy atom. The molecule has 0 bridgehead atoms. The molecule has 0 saturated carbocycles. The van der Waals surface area contributed by atoms with E-state index >= 15 is 0 Å². The fourth-order valence-corrected chi connectivity index (χ4v) is 2.31. The maximum atomic E-state index is 10.9. The van der Waals surface area contributed by atoms with Gasteiger partial charge in [-0.2, -0.15) is 0 Å². The van der Waals surface area contributed by atoms with Crippen LogP contribution in [0.5, 0.6) is 0 Å². The van der Waals surface area contributed by atoms with Gasteiger partial charge in [0.1, 0.15) is 5.76 Å². The van der Waals surface area contributed by atoms with Crippen molar-refractivity contribution in [3.05, 3.63) is 83.9 Å². The Bertz CT molecular complexity index is 780. The summed E-state index contributed by atoms with van der Waals surface area (Å²) in [5.74, 6) is -0.478. The second-order valence-corrected chi connectivity index (χ2v) is 5.27. The van der Waals surface area contributed by atoms with E-state index in [2.05, 4.69) is 11.9 Å². The van der Waals surface area contributed by atoms with Crippen molar-refractivity contribution in [2.45, 2.75) is 20.4 Å². The van der Waals surface area contributed by atoms with E-state index in [1.807, 2.05) is 49.4 Å². The maximum Gasteiger partial charge on any atom is 0.371 e. The lowest BCUT2D eigenvalue weighted by molar-refractivity contribution is 0.0661. The molecule has 0 fully saturated rings. The Morgan fingerprint density at radius 3 is 2.58 bits per heavy atom. The summed E-state index contributed by atoms with van der Waals surface area (Å²) in [7, 11) is 0. The Morgan fingerprint density at radius 1 is 1.33 bits per heavy atom. The van der Waals surface area contributed by atoms with Gasteiger partial charge in [0.2, 0.25) is 5.76 Å². The molecule has 0 aliphatic carbocycles. The fourth-order valence-electron chi connectivity index (χ4n) is 2.31. The van der Waals surface area contributed by atoms with Crippen molar-refractivity contribution in [2.75, 3.05) is 5.32 Å². The molecule has 0 amide bonds. The standard InChI is InChI=1S/C20H21NO3/c1-4-6-7-15(5-2)16-8-10-18(11-9-16)21-13-17-12-19(20(22)23)24-14(17)3/h4-12,21H,1,13H2,2-3H3,(H,22,23)/b7-6-,15-5+. The average Bonchev–Trinajstić information content (AvgIpc) is 2.96. The van der Waals surface area contributed by atoms with E-state index in [-0.39, 0.29) is 5.76 Å². The summed E-state index contributed by atoms with van der Waals surface area (Å²) < 4.78 is 5.20. The lowest BCUT2D eigenvalue weighted by Crippen LogP contribution is -1.99. The molecule has 0 atom stereocenters. The van der Waals surface area contributed by atoms with Gasteiger partial charge in [-0.05, 0) is 43.2 Å². The largest absolute Gasteiger partial charge is 0.475 e. The summed E-state index contributed by atoms with van der Waals surface area (Å²) in [5.41, 5.74) is 4.03. The number of hydrogen-bond donors (Lipinski definition) is 2. The van der Waals surface area contributed by atoms with Crippen LogP contribution in [0.2, 0.25) is 0 Å². The van der Waals surface area contributed by atoms with Crippen LogP contribution in [0.25, 0.3) is 5.57 Å². The minimum Gasteiger partial charge on any atom is -0.475 e. The molecule has 0 radical (unpaired) electrons. The van der Waals surface area contributed by atoms with E-state index in [9.17, 15) is 4.79 Å². The zero-order valence-electron chi connectivity index (χ0n) is 13.9. The molecule has 0 aliphatic rings. The molecule has 2 rings (SSSR count). The van der Waals surface area contributed by atoms with Crippen molar-refractivity contribution < 1.29 is 14.3 Å². The van der Waals surface area contributed by atoms with Gasteiger partial charge in [0.25, 0.3) is 0 Å². The molecule has 1 aromatic heterocycles. The van der Waals surface area contributed by atoms with Gasteiger partial charge in [0, 0.05) is 17.8 Å². The van der Waals surface area contributed by atoms with E-state index in [1.54, 1.807) is 19.1 Å². The summed E-state index contributed by atoms with van der Waals surface area (Å²) in [6.45, 7) is 7.95. The molecule has 1 aromatic carbocycles. The van der Waals surface area contributed by atoms with Crippen LogP contribution in [0.3, 0.4) is 0 Å². The van der Waals surface area contributed by atoms with E-state index in [0.29, 0.717) is 12.3 Å². The minimum absolute atomic E-state index is 0.0358. The summed E-state index contributed by atoms with van der Waals surface area (Å²) in [6, 6.07) is 9.62. The van der Waals surface area contributed by atoms with E-state index in [4.69, 9.17) is 9.52 Å². The Kier molecular flexibility index (Phi) is 5.79. The molecular formula is C20H21NO3. The SMILES string of the molecule is C=C/C=C\C(=C/C)c1ccc(NCc2cc(C(=O)O)oc2C)cc1. The number of rotatable bonds is 7. The summed E-state index contributed by atoms with van der Waals surface area (Å²) in [5, 5.41) is 12.2. The molecule has 0 unspecified atom stereocenters. The molecule has 24 heavy (non-hydrogen) atoms. The van der Waals surface area contributed by atoms with Gasteiger partial charge in [-0.1, -0.05) is 43.0 Å². The van der Waals surface area contributed by atoms with Crippen molar-refractivity contribution >= 4 is 17.2 Å². The van der Waals surface area contributed by atoms with Gasteiger partial charge < -0.3 is 14.8 Å². The highest BCUT2D eigenvalue weighted by atomic mass is 16.4. The van der Waals surface area contributed by atoms with Crippen molar-refractivity contribution in [3.8, 4) is 0 Å². The van der Waals surface area contributed by atoms with E-state index in [0.717, 1.165) is 22.4 Å². The zero-order valence-corrected chi connectivity index (χ0v) is 13.9. The Balaban J connectivity index is 2.05. The highest BCUT2D eigenvalue weighted by Crippen LogP contribution is 2.20. The van der Waals surface area contributed by atoms with Gasteiger partial charge in [0.05, 0.1) is 0 Å². The third-order valence-electron chi connectivity index (χ3n) is 3.66. The smallest absolute Gasteiger partial charge is 0.371 e. The molecule has 0 saturated heterocycles. The van der Waals surface area contributed by atoms with E-state index in [1.165, 1.54) is 0 Å². The third kappa shape index (κ3) is 4.26. The van der Waals surface area contributed by atoms with Crippen molar-refractivity contribution in [1.29, 1.82) is 0 Å². The number of aromatic carboxylic acids is 1. The van der Waals surface area contributed by atoms with Gasteiger partial charge in [-0.25, -0.2) is 4.79 Å². The van der Waals surface area contributed by atoms with Gasteiger partial charge in [-0.3, -0.25) is 0 Å². The topological polar surface area (TPSA) is 62.5 Å². The number of hydrogen-bond acceptors (Lipinski definition) is 3. The fraction of sp³-hybridized carbons (Fsp3) is 0.150. The molecule has 2 N–H and O–H groups in total. The zero-order chi connectivity index (χ0) is 17.5. The van der Waals surface area contributed by atoms with Gasteiger partial charge in [-0.15, -0.1) is 0 Å². The number of allylic oxidation sites excluding steroid dienone is 5. The summed E-state index contributed by atoms with van der Waals surface area (Å²) in [6.07, 6.45) is 7.71. The quantitative estimate of drug-likeness (QED) is 0.700. The number of carboxylic acids is 1. The number of carboxylic acid groups (broad SMARTS) is 1. The summed E-state index contributed by atoms with van der Waals surface area (Å²) in [4.78, 5) is 10.9. The van der Waals surface area contributed by atoms with Crippen molar-refractivity contribution in [3.63, 3.8) is 0 Å². The predicted octanol–water partition coefficient (Wildman–Crippen LogP) is 5.04. The lowest BCUT2D eigenvalue weighted by atomic mass is 10.0. The number of furan rings is 1. The maximum absolute atomic E-state index is 10.9. The molecule has 4 heteroatoms. The summed E-state index contributed by atoms with van der Waals surface area (Å²) >= 11 is 0. The number of anilines is 1. The van der Waals surface area contributed by atoms with Crippen LogP contribution in [0, 0.1) is 6.92 Å². The van der Waals surface area contributed by atoms with Crippen LogP contribution in [0.15, 0.2) is 65.6 Å². The van der Waals surface area contributed by atoms with E-state index < -0.39 is 5.97 Å². The number of nitrogens with one attached hydrogen (secondary N) is 1. The number of carbonyl (C=O) groups is 1. The monoisotopic (exact) mass is 323 g/mol. The molecule has 2 aromatic rings. The molecule has 4 nitrogen and oxygen atoms in total. The van der Waals surface area contributed by atoms with Crippen LogP contribution in [-0.4, -0.2) is 11.1 Å². The van der Waals surface area contributed by atoms with Crippen molar-refractivity contribution in [1.82, 2.24) is 0 Å². The van der Waals surface area contributed by atoms with Crippen LogP contribution < -0.4 is 5.32 Å². The second kappa shape index (κ2) is 8.02.